The van der Waals surface area contributed by atoms with Crippen molar-refractivity contribution in [3.05, 3.63) is 35.1 Å². The molecule has 1 amide bonds. The molecule has 2 bridgehead atoms. The summed E-state index contributed by atoms with van der Waals surface area (Å²) in [6, 6.07) is 0.244. The lowest BCUT2D eigenvalue weighted by Gasteiger charge is -2.40. The van der Waals surface area contributed by atoms with Crippen LogP contribution in [0.15, 0.2) is 12.1 Å². The Bertz CT molecular complexity index is 949. The van der Waals surface area contributed by atoms with Gasteiger partial charge in [0.15, 0.2) is 21.5 Å². The van der Waals surface area contributed by atoms with Gasteiger partial charge in [-0.2, -0.15) is 0 Å². The lowest BCUT2D eigenvalue weighted by molar-refractivity contribution is 0.0989. The molecule has 3 rings (SSSR count). The fourth-order valence-electron chi connectivity index (χ4n) is 4.82. The molecule has 0 saturated carbocycles. The Hall–Kier alpha value is -1.89. The monoisotopic (exact) mass is 493 g/mol. The second-order valence-electron chi connectivity index (χ2n) is 8.56. The molecule has 8 nitrogen and oxygen atoms in total. The standard InChI is InChI=1S/C21H30F3N3O5S/c1-31-5-6-32-21(28)26-4-7-33(29,30)20-14(10-13-2-3-19(20)27-13)18(25)9-12-8-16(23)17(24)11-15(12)22/h8,11,13-14,18-20,27H,2-7,9-10,25H2,1H3,(H,26,28)/t13-,14+,18-,19+,20?/m1/s1. The maximum Gasteiger partial charge on any atom is 0.407 e. The Morgan fingerprint density at radius 2 is 1.94 bits per heavy atom. The Balaban J connectivity index is 1.69. The van der Waals surface area contributed by atoms with Gasteiger partial charge in [0, 0.05) is 37.8 Å². The zero-order valence-electron chi connectivity index (χ0n) is 18.4. The maximum atomic E-state index is 14.2. The molecular formula is C21H30F3N3O5S. The second kappa shape index (κ2) is 11.0. The number of fused-ring (bicyclic) bond motifs is 2. The van der Waals surface area contributed by atoms with Crippen LogP contribution in [-0.2, 0) is 25.7 Å². The summed E-state index contributed by atoms with van der Waals surface area (Å²) in [6.45, 7) is 0.129. The van der Waals surface area contributed by atoms with Crippen LogP contribution in [0.3, 0.4) is 0 Å². The quantitative estimate of drug-likeness (QED) is 0.332. The number of alkyl carbamates (subject to hydrolysis) is 1. The summed E-state index contributed by atoms with van der Waals surface area (Å²) >= 11 is 0. The van der Waals surface area contributed by atoms with Crippen LogP contribution in [0.2, 0.25) is 0 Å². The summed E-state index contributed by atoms with van der Waals surface area (Å²) in [4.78, 5) is 11.7. The van der Waals surface area contributed by atoms with Crippen LogP contribution in [0.5, 0.6) is 0 Å². The Morgan fingerprint density at radius 1 is 1.21 bits per heavy atom. The number of ether oxygens (including phenoxy) is 2. The Kier molecular flexibility index (Phi) is 8.59. The zero-order valence-corrected chi connectivity index (χ0v) is 19.2. The fraction of sp³-hybridized carbons (Fsp3) is 0.667. The molecule has 4 N–H and O–H groups in total. The summed E-state index contributed by atoms with van der Waals surface area (Å²) in [6.07, 6.45) is 1.06. The van der Waals surface area contributed by atoms with Crippen LogP contribution < -0.4 is 16.4 Å². The first kappa shape index (κ1) is 25.7. The van der Waals surface area contributed by atoms with E-state index in [0.29, 0.717) is 18.9 Å². The van der Waals surface area contributed by atoms with Crippen molar-refractivity contribution in [2.45, 2.75) is 49.1 Å². The lowest BCUT2D eigenvalue weighted by atomic mass is 9.83. The molecule has 0 aromatic heterocycles. The number of benzene rings is 1. The molecule has 33 heavy (non-hydrogen) atoms. The number of amides is 1. The highest BCUT2D eigenvalue weighted by Gasteiger charge is 2.49. The molecule has 0 spiro atoms. The predicted molar refractivity (Wildman–Crippen MR) is 115 cm³/mol. The average Bonchev–Trinajstić information content (AvgIpc) is 3.11. The number of nitrogens with one attached hydrogen (secondary N) is 2. The van der Waals surface area contributed by atoms with Crippen molar-refractivity contribution in [2.24, 2.45) is 11.7 Å². The van der Waals surface area contributed by atoms with E-state index in [1.807, 2.05) is 0 Å². The molecule has 0 aliphatic carbocycles. The molecule has 1 aromatic carbocycles. The van der Waals surface area contributed by atoms with E-state index < -0.39 is 50.6 Å². The topological polar surface area (TPSA) is 120 Å². The third-order valence-electron chi connectivity index (χ3n) is 6.34. The van der Waals surface area contributed by atoms with Gasteiger partial charge in [-0.25, -0.2) is 26.4 Å². The van der Waals surface area contributed by atoms with Crippen molar-refractivity contribution in [2.75, 3.05) is 32.6 Å². The third-order valence-corrected chi connectivity index (χ3v) is 8.62. The summed E-state index contributed by atoms with van der Waals surface area (Å²) in [5, 5.41) is 4.88. The van der Waals surface area contributed by atoms with E-state index in [0.717, 1.165) is 12.5 Å². The van der Waals surface area contributed by atoms with E-state index in [4.69, 9.17) is 15.2 Å². The number of carbonyl (C=O) groups excluding carboxylic acids is 1. The van der Waals surface area contributed by atoms with Crippen molar-refractivity contribution in [1.29, 1.82) is 0 Å². The van der Waals surface area contributed by atoms with Gasteiger partial charge in [-0.3, -0.25) is 0 Å². The van der Waals surface area contributed by atoms with Crippen LogP contribution in [0.1, 0.15) is 24.8 Å². The molecular weight excluding hydrogens is 463 g/mol. The molecule has 2 saturated heterocycles. The first-order valence-electron chi connectivity index (χ1n) is 10.9. The molecule has 12 heteroatoms. The van der Waals surface area contributed by atoms with E-state index in [-0.39, 0.29) is 49.6 Å². The lowest BCUT2D eigenvalue weighted by Crippen LogP contribution is -2.58. The number of sulfone groups is 1. The van der Waals surface area contributed by atoms with Crippen LogP contribution in [0.25, 0.3) is 0 Å². The van der Waals surface area contributed by atoms with Gasteiger partial charge in [-0.1, -0.05) is 0 Å². The molecule has 1 aromatic rings. The molecule has 2 aliphatic heterocycles. The van der Waals surface area contributed by atoms with Gasteiger partial charge in [0.2, 0.25) is 0 Å². The minimum absolute atomic E-state index is 0.0442. The molecule has 0 radical (unpaired) electrons. The number of carbonyl (C=O) groups is 1. The normalized spacial score (nSPS) is 25.6. The van der Waals surface area contributed by atoms with Crippen molar-refractivity contribution in [3.63, 3.8) is 0 Å². The van der Waals surface area contributed by atoms with E-state index >= 15 is 0 Å². The van der Waals surface area contributed by atoms with Crippen molar-refractivity contribution >= 4 is 15.9 Å². The van der Waals surface area contributed by atoms with E-state index in [1.54, 1.807) is 0 Å². The van der Waals surface area contributed by atoms with Gasteiger partial charge in [0.1, 0.15) is 12.4 Å². The van der Waals surface area contributed by atoms with Crippen LogP contribution in [0.4, 0.5) is 18.0 Å². The molecule has 1 unspecified atom stereocenters. The molecule has 2 fully saturated rings. The van der Waals surface area contributed by atoms with Gasteiger partial charge in [0.05, 0.1) is 17.6 Å². The van der Waals surface area contributed by atoms with Crippen molar-refractivity contribution < 1.29 is 35.9 Å². The number of nitrogens with two attached hydrogens (primary N) is 1. The SMILES string of the molecule is COCCOC(=O)NCCS(=O)(=O)C1[C@@H]2CC[C@H](C[C@H]1[C@H](N)Cc1cc(F)c(F)cc1F)N2. The Labute approximate surface area is 191 Å². The van der Waals surface area contributed by atoms with Crippen LogP contribution >= 0.6 is 0 Å². The summed E-state index contributed by atoms with van der Waals surface area (Å²) in [5.41, 5.74) is 6.25. The third kappa shape index (κ3) is 6.37. The number of piperidine rings is 1. The second-order valence-corrected chi connectivity index (χ2v) is 10.8. The smallest absolute Gasteiger partial charge is 0.407 e. The number of hydrogen-bond donors (Lipinski definition) is 3. The highest BCUT2D eigenvalue weighted by atomic mass is 32.2. The summed E-state index contributed by atoms with van der Waals surface area (Å²) < 4.78 is 77.2. The maximum absolute atomic E-state index is 14.2. The van der Waals surface area contributed by atoms with Crippen molar-refractivity contribution in [3.8, 4) is 0 Å². The van der Waals surface area contributed by atoms with Gasteiger partial charge in [0.25, 0.3) is 0 Å². The molecule has 2 heterocycles. The summed E-state index contributed by atoms with van der Waals surface area (Å²) in [7, 11) is -2.26. The summed E-state index contributed by atoms with van der Waals surface area (Å²) in [5.74, 6) is -4.22. The van der Waals surface area contributed by atoms with Crippen molar-refractivity contribution in [1.82, 2.24) is 10.6 Å². The highest BCUT2D eigenvalue weighted by Crippen LogP contribution is 2.37. The van der Waals surface area contributed by atoms with Gasteiger partial charge >= 0.3 is 6.09 Å². The van der Waals surface area contributed by atoms with E-state index in [1.165, 1.54) is 7.11 Å². The first-order valence-corrected chi connectivity index (χ1v) is 12.6. The van der Waals surface area contributed by atoms with Gasteiger partial charge in [-0.15, -0.1) is 0 Å². The van der Waals surface area contributed by atoms with Gasteiger partial charge < -0.3 is 25.8 Å². The predicted octanol–water partition coefficient (Wildman–Crippen LogP) is 1.27. The molecule has 186 valence electrons. The largest absolute Gasteiger partial charge is 0.447 e. The number of methoxy groups -OCH3 is 1. The highest BCUT2D eigenvalue weighted by molar-refractivity contribution is 7.92. The molecule has 5 atom stereocenters. The first-order chi connectivity index (χ1) is 15.6. The zero-order chi connectivity index (χ0) is 24.2. The van der Waals surface area contributed by atoms with Gasteiger partial charge in [-0.05, 0) is 43.2 Å². The van der Waals surface area contributed by atoms with E-state index in [2.05, 4.69) is 10.6 Å². The number of hydrogen-bond acceptors (Lipinski definition) is 7. The average molecular weight is 494 g/mol. The fourth-order valence-corrected chi connectivity index (χ4v) is 7.04. The number of halogens is 3. The van der Waals surface area contributed by atoms with Crippen LogP contribution in [0, 0.1) is 23.4 Å². The van der Waals surface area contributed by atoms with E-state index in [9.17, 15) is 26.4 Å². The Morgan fingerprint density at radius 3 is 2.67 bits per heavy atom. The minimum atomic E-state index is -3.72. The van der Waals surface area contributed by atoms with Crippen LogP contribution in [-0.4, -0.2) is 70.5 Å². The minimum Gasteiger partial charge on any atom is -0.447 e. The molecule has 2 aliphatic rings. The number of rotatable bonds is 10.